The Labute approximate surface area is 104 Å². The molecule has 0 bridgehead atoms. The summed E-state index contributed by atoms with van der Waals surface area (Å²) in [7, 11) is -1.93. The Hall–Kier alpha value is -0.210. The summed E-state index contributed by atoms with van der Waals surface area (Å²) in [6, 6.07) is 0. The van der Waals surface area contributed by atoms with Gasteiger partial charge in [0.15, 0.2) is 0 Å². The van der Waals surface area contributed by atoms with Gasteiger partial charge in [-0.1, -0.05) is 13.8 Å². The summed E-state index contributed by atoms with van der Waals surface area (Å²) in [5, 5.41) is 13.2. The van der Waals surface area contributed by atoms with Crippen molar-refractivity contribution in [2.24, 2.45) is 0 Å². The summed E-state index contributed by atoms with van der Waals surface area (Å²) in [5.74, 6) is 0. The Bertz CT molecular complexity index is 335. The third-order valence-corrected chi connectivity index (χ3v) is 5.25. The average Bonchev–Trinajstić information content (AvgIpc) is 2.66. The third-order valence-electron chi connectivity index (χ3n) is 3.16. The van der Waals surface area contributed by atoms with E-state index in [1.54, 1.807) is 13.8 Å². The molecule has 1 saturated heterocycles. The van der Waals surface area contributed by atoms with Crippen LogP contribution in [-0.4, -0.2) is 67.5 Å². The molecule has 1 unspecified atom stereocenters. The lowest BCUT2D eigenvalue weighted by Crippen LogP contribution is -2.49. The van der Waals surface area contributed by atoms with E-state index < -0.39 is 15.8 Å². The molecule has 0 saturated carbocycles. The zero-order valence-corrected chi connectivity index (χ0v) is 11.6. The third kappa shape index (κ3) is 3.38. The Morgan fingerprint density at radius 1 is 1.35 bits per heavy atom. The summed E-state index contributed by atoms with van der Waals surface area (Å²) in [5.41, 5.74) is -0.936. The minimum atomic E-state index is -3.45. The van der Waals surface area contributed by atoms with Crippen LogP contribution in [0.25, 0.3) is 0 Å². The molecule has 0 aromatic heterocycles. The smallest absolute Gasteiger partial charge is 0.281 e. The van der Waals surface area contributed by atoms with Crippen LogP contribution < -0.4 is 5.32 Å². The van der Waals surface area contributed by atoms with Crippen LogP contribution >= 0.6 is 0 Å². The van der Waals surface area contributed by atoms with Crippen molar-refractivity contribution in [1.82, 2.24) is 13.9 Å². The van der Waals surface area contributed by atoms with Gasteiger partial charge in [0.05, 0.1) is 5.60 Å². The number of aliphatic hydroxyl groups is 1. The maximum absolute atomic E-state index is 12.1. The number of likely N-dealkylation sites (N-methyl/N-ethyl adjacent to an activating group) is 1. The van der Waals surface area contributed by atoms with Crippen LogP contribution in [0.2, 0.25) is 0 Å². The first-order valence-corrected chi connectivity index (χ1v) is 7.40. The number of hydrogen-bond donors (Lipinski definition) is 2. The maximum atomic E-state index is 12.1. The van der Waals surface area contributed by atoms with Crippen LogP contribution in [0.4, 0.5) is 0 Å². The average molecular weight is 265 g/mol. The molecule has 1 fully saturated rings. The summed E-state index contributed by atoms with van der Waals surface area (Å²) < 4.78 is 26.9. The molecule has 1 aliphatic heterocycles. The molecule has 102 valence electrons. The molecule has 1 atom stereocenters. The standard InChI is InChI=1S/C10H23N3O3S/c1-4-13(5-2)17(15,16)12(3)9-10(14)6-7-11-8-10/h11,14H,4-9H2,1-3H3. The fraction of sp³-hybridized carbons (Fsp3) is 1.00. The Kier molecular flexibility index (Phi) is 4.91. The summed E-state index contributed by atoms with van der Waals surface area (Å²) >= 11 is 0. The second-order valence-corrected chi connectivity index (χ2v) is 6.53. The van der Waals surface area contributed by atoms with Crippen molar-refractivity contribution in [3.8, 4) is 0 Å². The van der Waals surface area contributed by atoms with Crippen molar-refractivity contribution >= 4 is 10.2 Å². The lowest BCUT2D eigenvalue weighted by molar-refractivity contribution is 0.0450. The Balaban J connectivity index is 2.71. The van der Waals surface area contributed by atoms with E-state index in [0.717, 1.165) is 6.54 Å². The molecular weight excluding hydrogens is 242 g/mol. The van der Waals surface area contributed by atoms with Crippen molar-refractivity contribution < 1.29 is 13.5 Å². The topological polar surface area (TPSA) is 72.9 Å². The largest absolute Gasteiger partial charge is 0.387 e. The number of nitrogens with one attached hydrogen (secondary N) is 1. The van der Waals surface area contributed by atoms with Crippen molar-refractivity contribution in [3.63, 3.8) is 0 Å². The van der Waals surface area contributed by atoms with E-state index in [1.807, 2.05) is 0 Å². The predicted octanol–water partition coefficient (Wildman–Crippen LogP) is -0.771. The second kappa shape index (κ2) is 5.62. The van der Waals surface area contributed by atoms with Gasteiger partial charge in [-0.2, -0.15) is 17.0 Å². The lowest BCUT2D eigenvalue weighted by Gasteiger charge is -2.31. The van der Waals surface area contributed by atoms with Gasteiger partial charge in [-0.15, -0.1) is 0 Å². The maximum Gasteiger partial charge on any atom is 0.281 e. The molecule has 7 heteroatoms. The van der Waals surface area contributed by atoms with Gasteiger partial charge in [-0.25, -0.2) is 0 Å². The van der Waals surface area contributed by atoms with Crippen LogP contribution in [0.5, 0.6) is 0 Å². The summed E-state index contributed by atoms with van der Waals surface area (Å²) in [6.07, 6.45) is 0.588. The van der Waals surface area contributed by atoms with Gasteiger partial charge in [0.25, 0.3) is 10.2 Å². The first-order valence-electron chi connectivity index (χ1n) is 6.00. The first kappa shape index (κ1) is 14.8. The van der Waals surface area contributed by atoms with Crippen LogP contribution in [0, 0.1) is 0 Å². The minimum Gasteiger partial charge on any atom is -0.387 e. The van der Waals surface area contributed by atoms with Crippen LogP contribution in [-0.2, 0) is 10.2 Å². The number of hydrogen-bond acceptors (Lipinski definition) is 4. The van der Waals surface area contributed by atoms with E-state index in [2.05, 4.69) is 5.32 Å². The van der Waals surface area contributed by atoms with Gasteiger partial charge in [0.1, 0.15) is 0 Å². The molecule has 0 aromatic carbocycles. The van der Waals surface area contributed by atoms with Crippen molar-refractivity contribution in [3.05, 3.63) is 0 Å². The van der Waals surface area contributed by atoms with Crippen LogP contribution in [0.3, 0.4) is 0 Å². The molecule has 1 rings (SSSR count). The van der Waals surface area contributed by atoms with Crippen molar-refractivity contribution in [1.29, 1.82) is 0 Å². The number of nitrogens with zero attached hydrogens (tertiary/aromatic N) is 2. The number of rotatable bonds is 6. The fourth-order valence-electron chi connectivity index (χ4n) is 2.11. The van der Waals surface area contributed by atoms with E-state index in [1.165, 1.54) is 15.7 Å². The van der Waals surface area contributed by atoms with Crippen molar-refractivity contribution in [2.75, 3.05) is 39.8 Å². The Morgan fingerprint density at radius 2 is 1.94 bits per heavy atom. The number of β-amino-alcohol motifs (C(OH)–C–C–N with tert-alkyl or cyclic N) is 1. The molecule has 0 amide bonds. The van der Waals surface area contributed by atoms with E-state index in [9.17, 15) is 13.5 Å². The zero-order valence-electron chi connectivity index (χ0n) is 10.8. The van der Waals surface area contributed by atoms with Gasteiger partial charge in [0.2, 0.25) is 0 Å². The first-order chi connectivity index (χ1) is 7.85. The molecule has 6 nitrogen and oxygen atoms in total. The molecule has 0 spiro atoms. The quantitative estimate of drug-likeness (QED) is 0.661. The molecule has 0 aromatic rings. The van der Waals surface area contributed by atoms with Gasteiger partial charge < -0.3 is 10.4 Å². The zero-order chi connectivity index (χ0) is 13.1. The van der Waals surface area contributed by atoms with Crippen LogP contribution in [0.15, 0.2) is 0 Å². The van der Waals surface area contributed by atoms with E-state index in [4.69, 9.17) is 0 Å². The molecule has 2 N–H and O–H groups in total. The summed E-state index contributed by atoms with van der Waals surface area (Å²) in [6.45, 7) is 5.82. The van der Waals surface area contributed by atoms with Crippen LogP contribution in [0.1, 0.15) is 20.3 Å². The molecular formula is C10H23N3O3S. The monoisotopic (exact) mass is 265 g/mol. The highest BCUT2D eigenvalue weighted by Crippen LogP contribution is 2.18. The van der Waals surface area contributed by atoms with E-state index in [-0.39, 0.29) is 6.54 Å². The minimum absolute atomic E-state index is 0.138. The second-order valence-electron chi connectivity index (χ2n) is 4.50. The molecule has 1 heterocycles. The van der Waals surface area contributed by atoms with Gasteiger partial charge in [-0.05, 0) is 13.0 Å². The highest BCUT2D eigenvalue weighted by Gasteiger charge is 2.36. The van der Waals surface area contributed by atoms with Gasteiger partial charge in [-0.3, -0.25) is 0 Å². The SMILES string of the molecule is CCN(CC)S(=O)(=O)N(C)CC1(O)CCNC1. The molecule has 0 radical (unpaired) electrons. The Morgan fingerprint density at radius 3 is 2.35 bits per heavy atom. The van der Waals surface area contributed by atoms with Crippen molar-refractivity contribution in [2.45, 2.75) is 25.9 Å². The molecule has 17 heavy (non-hydrogen) atoms. The highest BCUT2D eigenvalue weighted by atomic mass is 32.2. The van der Waals surface area contributed by atoms with E-state index >= 15 is 0 Å². The summed E-state index contributed by atoms with van der Waals surface area (Å²) in [4.78, 5) is 0. The lowest BCUT2D eigenvalue weighted by atomic mass is 10.0. The predicted molar refractivity (Wildman–Crippen MR) is 66.9 cm³/mol. The molecule has 1 aliphatic rings. The van der Waals surface area contributed by atoms with Gasteiger partial charge >= 0.3 is 0 Å². The highest BCUT2D eigenvalue weighted by molar-refractivity contribution is 7.86. The fourth-order valence-corrected chi connectivity index (χ4v) is 3.56. The normalized spacial score (nSPS) is 26.0. The van der Waals surface area contributed by atoms with E-state index in [0.29, 0.717) is 26.1 Å². The van der Waals surface area contributed by atoms with Gasteiger partial charge in [0, 0.05) is 33.2 Å². The molecule has 0 aliphatic carbocycles.